The monoisotopic (exact) mass is 548 g/mol. The minimum atomic E-state index is -1.45. The number of halogens is 1. The fraction of sp³-hybridized carbons (Fsp3) is 0.593. The van der Waals surface area contributed by atoms with Gasteiger partial charge in [-0.15, -0.1) is 0 Å². The lowest BCUT2D eigenvalue weighted by Crippen LogP contribution is -2.50. The van der Waals surface area contributed by atoms with Crippen LogP contribution < -0.4 is 10.5 Å². The van der Waals surface area contributed by atoms with Crippen molar-refractivity contribution >= 4 is 20.1 Å². The Morgan fingerprint density at radius 2 is 1.95 bits per heavy atom. The SMILES string of the molecule is Cc1nc(-c2ccc(O[C@@H]3CCN(C(=O)OC(C)(C)C)C[C@@H]3F)c(C(N)=O)c2)cn1COCC[Si](C)(C)C. The summed E-state index contributed by atoms with van der Waals surface area (Å²) in [5.41, 5.74) is 6.48. The van der Waals surface area contributed by atoms with E-state index < -0.39 is 38.0 Å². The molecule has 2 heterocycles. The van der Waals surface area contributed by atoms with Crippen molar-refractivity contribution in [2.24, 2.45) is 5.73 Å². The summed E-state index contributed by atoms with van der Waals surface area (Å²) in [4.78, 5) is 30.5. The van der Waals surface area contributed by atoms with Gasteiger partial charge in [-0.3, -0.25) is 4.79 Å². The van der Waals surface area contributed by atoms with Crippen molar-refractivity contribution in [3.63, 3.8) is 0 Å². The molecule has 0 aliphatic carbocycles. The molecule has 38 heavy (non-hydrogen) atoms. The van der Waals surface area contributed by atoms with Crippen molar-refractivity contribution in [2.45, 2.75) is 84.4 Å². The average molecular weight is 549 g/mol. The second-order valence-electron chi connectivity index (χ2n) is 12.0. The van der Waals surface area contributed by atoms with Crippen LogP contribution in [0.2, 0.25) is 25.7 Å². The Labute approximate surface area is 225 Å². The van der Waals surface area contributed by atoms with E-state index in [4.69, 9.17) is 19.9 Å². The number of nitrogens with zero attached hydrogens (tertiary/aromatic N) is 3. The van der Waals surface area contributed by atoms with E-state index in [2.05, 4.69) is 24.6 Å². The number of primary amides is 1. The topological polar surface area (TPSA) is 109 Å². The molecule has 2 aromatic rings. The molecule has 1 aromatic carbocycles. The third kappa shape index (κ3) is 8.29. The van der Waals surface area contributed by atoms with Crippen molar-refractivity contribution in [1.82, 2.24) is 14.5 Å². The summed E-state index contributed by atoms with van der Waals surface area (Å²) in [6, 6.07) is 6.07. The van der Waals surface area contributed by atoms with Gasteiger partial charge in [-0.05, 0) is 51.9 Å². The van der Waals surface area contributed by atoms with E-state index in [-0.39, 0.29) is 30.8 Å². The minimum Gasteiger partial charge on any atom is -0.486 e. The summed E-state index contributed by atoms with van der Waals surface area (Å²) in [5, 5.41) is 0. The number of imidazole rings is 1. The molecule has 1 aromatic heterocycles. The highest BCUT2D eigenvalue weighted by Gasteiger charge is 2.35. The number of nitrogens with two attached hydrogens (primary N) is 1. The Balaban J connectivity index is 1.68. The Morgan fingerprint density at radius 1 is 1.24 bits per heavy atom. The standard InChI is InChI=1S/C27H41FN4O5Si/c1-18-30-22(16-32(18)17-35-12-13-38(5,6)7)19-8-9-23(20(14-19)25(29)33)36-24-10-11-31(15-21(24)28)26(34)37-27(2,3)4/h8-9,14,16,21,24H,10-13,15,17H2,1-7H3,(H2,29,33)/t21-,24+/m0/s1. The van der Waals surface area contributed by atoms with E-state index >= 15 is 0 Å². The molecule has 0 bridgehead atoms. The maximum atomic E-state index is 15.0. The normalized spacial score (nSPS) is 18.4. The summed E-state index contributed by atoms with van der Waals surface area (Å²) in [5.74, 6) is 0.297. The number of rotatable bonds is 9. The van der Waals surface area contributed by atoms with Gasteiger partial charge < -0.3 is 29.4 Å². The number of alkyl halides is 1. The molecule has 2 amide bonds. The molecule has 2 N–H and O–H groups in total. The number of likely N-dealkylation sites (tertiary alicyclic amines) is 1. The maximum absolute atomic E-state index is 15.0. The number of carbonyl (C=O) groups excluding carboxylic acids is 2. The van der Waals surface area contributed by atoms with E-state index in [9.17, 15) is 14.0 Å². The number of aromatic nitrogens is 2. The van der Waals surface area contributed by atoms with Gasteiger partial charge >= 0.3 is 6.09 Å². The molecule has 2 atom stereocenters. The largest absolute Gasteiger partial charge is 0.486 e. The van der Waals surface area contributed by atoms with Crippen LogP contribution in [0.3, 0.4) is 0 Å². The van der Waals surface area contributed by atoms with Crippen molar-refractivity contribution < 1.29 is 28.2 Å². The molecule has 0 spiro atoms. The van der Waals surface area contributed by atoms with Gasteiger partial charge in [0.1, 0.15) is 30.0 Å². The van der Waals surface area contributed by atoms with Crippen LogP contribution in [0, 0.1) is 6.92 Å². The Bertz CT molecular complexity index is 1140. The van der Waals surface area contributed by atoms with Crippen LogP contribution in [0.1, 0.15) is 43.4 Å². The van der Waals surface area contributed by atoms with Crippen molar-refractivity contribution in [1.29, 1.82) is 0 Å². The zero-order valence-corrected chi connectivity index (χ0v) is 24.5. The highest BCUT2D eigenvalue weighted by Crippen LogP contribution is 2.30. The van der Waals surface area contributed by atoms with E-state index in [1.165, 1.54) is 4.90 Å². The highest BCUT2D eigenvalue weighted by atomic mass is 28.3. The number of hydrogen-bond acceptors (Lipinski definition) is 6. The number of amides is 2. The second kappa shape index (κ2) is 11.9. The van der Waals surface area contributed by atoms with Gasteiger partial charge in [0.25, 0.3) is 5.91 Å². The zero-order chi connectivity index (χ0) is 28.3. The van der Waals surface area contributed by atoms with E-state index in [0.29, 0.717) is 24.6 Å². The smallest absolute Gasteiger partial charge is 0.410 e. The molecular weight excluding hydrogens is 507 g/mol. The van der Waals surface area contributed by atoms with E-state index in [1.807, 2.05) is 17.7 Å². The third-order valence-corrected chi connectivity index (χ3v) is 7.86. The van der Waals surface area contributed by atoms with Gasteiger partial charge in [-0.25, -0.2) is 14.2 Å². The van der Waals surface area contributed by atoms with Crippen LogP contribution in [0.5, 0.6) is 5.75 Å². The fourth-order valence-electron chi connectivity index (χ4n) is 3.98. The zero-order valence-electron chi connectivity index (χ0n) is 23.5. The fourth-order valence-corrected chi connectivity index (χ4v) is 4.73. The van der Waals surface area contributed by atoms with Crippen LogP contribution in [-0.4, -0.2) is 72.1 Å². The number of ether oxygens (including phenoxy) is 3. The predicted molar refractivity (Wildman–Crippen MR) is 147 cm³/mol. The highest BCUT2D eigenvalue weighted by molar-refractivity contribution is 6.76. The Kier molecular flexibility index (Phi) is 9.24. The lowest BCUT2D eigenvalue weighted by atomic mass is 10.0. The van der Waals surface area contributed by atoms with Gasteiger partial charge in [0, 0.05) is 39.4 Å². The predicted octanol–water partition coefficient (Wildman–Crippen LogP) is 5.00. The number of hydrogen-bond donors (Lipinski definition) is 1. The van der Waals surface area contributed by atoms with Gasteiger partial charge in [0.2, 0.25) is 0 Å². The quantitative estimate of drug-likeness (QED) is 0.349. The molecule has 1 aliphatic heterocycles. The summed E-state index contributed by atoms with van der Waals surface area (Å²) in [7, 11) is -1.17. The maximum Gasteiger partial charge on any atom is 0.410 e. The first-order valence-electron chi connectivity index (χ1n) is 13.0. The molecule has 0 radical (unpaired) electrons. The average Bonchev–Trinajstić information content (AvgIpc) is 3.16. The molecule has 9 nitrogen and oxygen atoms in total. The lowest BCUT2D eigenvalue weighted by Gasteiger charge is -2.35. The molecule has 3 rings (SSSR count). The Morgan fingerprint density at radius 3 is 2.55 bits per heavy atom. The summed E-state index contributed by atoms with van der Waals surface area (Å²) < 4.78 is 34.0. The van der Waals surface area contributed by atoms with Crippen LogP contribution in [0.25, 0.3) is 11.3 Å². The molecule has 1 saturated heterocycles. The van der Waals surface area contributed by atoms with Crippen molar-refractivity contribution in [2.75, 3.05) is 19.7 Å². The summed E-state index contributed by atoms with van der Waals surface area (Å²) >= 11 is 0. The molecule has 1 aliphatic rings. The molecule has 11 heteroatoms. The molecule has 210 valence electrons. The molecule has 0 unspecified atom stereocenters. The number of piperidine rings is 1. The van der Waals surface area contributed by atoms with Gasteiger partial charge in [0.15, 0.2) is 6.17 Å². The lowest BCUT2D eigenvalue weighted by molar-refractivity contribution is -0.0106. The second-order valence-corrected chi connectivity index (χ2v) is 17.6. The van der Waals surface area contributed by atoms with Gasteiger partial charge in [0.05, 0.1) is 17.8 Å². The number of aryl methyl sites for hydroxylation is 1. The first kappa shape index (κ1) is 29.6. The van der Waals surface area contributed by atoms with E-state index in [0.717, 1.165) is 11.9 Å². The van der Waals surface area contributed by atoms with Crippen LogP contribution in [-0.2, 0) is 16.2 Å². The molecule has 0 saturated carbocycles. The molecule has 1 fully saturated rings. The number of carbonyl (C=O) groups is 2. The first-order valence-corrected chi connectivity index (χ1v) is 16.7. The van der Waals surface area contributed by atoms with Crippen LogP contribution in [0.15, 0.2) is 24.4 Å². The van der Waals surface area contributed by atoms with Crippen LogP contribution >= 0.6 is 0 Å². The van der Waals surface area contributed by atoms with Crippen molar-refractivity contribution in [3.8, 4) is 17.0 Å². The summed E-state index contributed by atoms with van der Waals surface area (Å²) in [6.07, 6.45) is -0.712. The van der Waals surface area contributed by atoms with Crippen LogP contribution in [0.4, 0.5) is 9.18 Å². The third-order valence-electron chi connectivity index (χ3n) is 6.16. The summed E-state index contributed by atoms with van der Waals surface area (Å²) in [6.45, 7) is 15.3. The van der Waals surface area contributed by atoms with E-state index in [1.54, 1.807) is 39.0 Å². The first-order chi connectivity index (χ1) is 17.6. The van der Waals surface area contributed by atoms with Crippen molar-refractivity contribution in [3.05, 3.63) is 35.8 Å². The Hall–Kier alpha value is -2.92. The minimum absolute atomic E-state index is 0.142. The number of benzene rings is 1. The van der Waals surface area contributed by atoms with Gasteiger partial charge in [-0.2, -0.15) is 0 Å². The molecular formula is C27H41FN4O5Si. The van der Waals surface area contributed by atoms with Gasteiger partial charge in [-0.1, -0.05) is 19.6 Å².